The third-order valence-corrected chi connectivity index (χ3v) is 4.67. The molecule has 0 saturated heterocycles. The van der Waals surface area contributed by atoms with Gasteiger partial charge in [0.25, 0.3) is 0 Å². The highest BCUT2D eigenvalue weighted by Gasteiger charge is 2.29. The van der Waals surface area contributed by atoms with Crippen LogP contribution in [0.25, 0.3) is 0 Å². The van der Waals surface area contributed by atoms with Gasteiger partial charge in [-0.05, 0) is 12.0 Å². The zero-order valence-corrected chi connectivity index (χ0v) is 10.2. The van der Waals surface area contributed by atoms with Gasteiger partial charge in [0, 0.05) is 0 Å². The summed E-state index contributed by atoms with van der Waals surface area (Å²) in [5, 5.41) is 5.33. The van der Waals surface area contributed by atoms with E-state index >= 15 is 0 Å². The first-order chi connectivity index (χ1) is 8.16. The minimum atomic E-state index is -3.49. The molecule has 90 valence electrons. The van der Waals surface area contributed by atoms with Crippen LogP contribution >= 0.6 is 0 Å². The Morgan fingerprint density at radius 1 is 1.29 bits per heavy atom. The van der Waals surface area contributed by atoms with E-state index in [1.807, 2.05) is 37.3 Å². The zero-order valence-electron chi connectivity index (χ0n) is 9.37. The number of benzene rings is 1. The molecular weight excluding hydrogens is 238 g/mol. The lowest BCUT2D eigenvalue weighted by Crippen LogP contribution is -2.14. The molecule has 1 heterocycles. The summed E-state index contributed by atoms with van der Waals surface area (Å²) in [7, 11) is -3.49. The molecule has 5 nitrogen and oxygen atoms in total. The molecule has 1 atom stereocenters. The maximum absolute atomic E-state index is 12.3. The van der Waals surface area contributed by atoms with Gasteiger partial charge in [-0.25, -0.2) is 13.4 Å². The highest BCUT2D eigenvalue weighted by molar-refractivity contribution is 7.91. The predicted molar refractivity (Wildman–Crippen MR) is 63.0 cm³/mol. The molecule has 1 N–H and O–H groups in total. The minimum Gasteiger partial charge on any atom is -0.250 e. The van der Waals surface area contributed by atoms with Crippen LogP contribution in [0.4, 0.5) is 0 Å². The third kappa shape index (κ3) is 2.21. The van der Waals surface area contributed by atoms with Crippen LogP contribution in [0.15, 0.2) is 41.8 Å². The molecule has 0 radical (unpaired) electrons. The molecule has 1 aromatic carbocycles. The van der Waals surface area contributed by atoms with Gasteiger partial charge in [0.1, 0.15) is 6.33 Å². The van der Waals surface area contributed by atoms with Gasteiger partial charge >= 0.3 is 0 Å². The van der Waals surface area contributed by atoms with Gasteiger partial charge in [-0.3, -0.25) is 5.10 Å². The normalized spacial score (nSPS) is 13.5. The van der Waals surface area contributed by atoms with Gasteiger partial charge in [-0.1, -0.05) is 37.3 Å². The minimum absolute atomic E-state index is 0.0757. The fourth-order valence-corrected chi connectivity index (χ4v) is 3.37. The van der Waals surface area contributed by atoms with Gasteiger partial charge in [0.15, 0.2) is 0 Å². The summed E-state index contributed by atoms with van der Waals surface area (Å²) in [6.07, 6.45) is 1.69. The second-order valence-electron chi connectivity index (χ2n) is 3.64. The van der Waals surface area contributed by atoms with Gasteiger partial charge in [0.2, 0.25) is 15.0 Å². The van der Waals surface area contributed by atoms with Crippen LogP contribution < -0.4 is 0 Å². The maximum Gasteiger partial charge on any atom is 0.243 e. The van der Waals surface area contributed by atoms with E-state index in [1.165, 1.54) is 6.33 Å². The lowest BCUT2D eigenvalue weighted by molar-refractivity contribution is 0.570. The van der Waals surface area contributed by atoms with Crippen molar-refractivity contribution in [3.05, 3.63) is 42.2 Å². The van der Waals surface area contributed by atoms with Gasteiger partial charge in [-0.15, -0.1) is 0 Å². The number of hydrogen-bond donors (Lipinski definition) is 1. The molecule has 2 aromatic rings. The van der Waals surface area contributed by atoms with Crippen LogP contribution in [0.3, 0.4) is 0 Å². The van der Waals surface area contributed by atoms with Crippen LogP contribution in [0.2, 0.25) is 0 Å². The van der Waals surface area contributed by atoms with Crippen molar-refractivity contribution >= 4 is 9.84 Å². The number of H-pyrrole nitrogens is 1. The van der Waals surface area contributed by atoms with Crippen molar-refractivity contribution in [3.8, 4) is 0 Å². The summed E-state index contributed by atoms with van der Waals surface area (Å²) in [5.74, 6) is 0. The Kier molecular flexibility index (Phi) is 3.23. The molecule has 17 heavy (non-hydrogen) atoms. The average molecular weight is 251 g/mol. The molecule has 0 fully saturated rings. The van der Waals surface area contributed by atoms with Gasteiger partial charge in [0.05, 0.1) is 5.25 Å². The van der Waals surface area contributed by atoms with Gasteiger partial charge in [-0.2, -0.15) is 5.10 Å². The summed E-state index contributed by atoms with van der Waals surface area (Å²) in [4.78, 5) is 3.73. The van der Waals surface area contributed by atoms with E-state index in [9.17, 15) is 8.42 Å². The number of aromatic nitrogens is 3. The van der Waals surface area contributed by atoms with E-state index < -0.39 is 15.1 Å². The van der Waals surface area contributed by atoms with E-state index in [4.69, 9.17) is 0 Å². The Bertz CT molecular complexity index is 564. The molecule has 0 spiro atoms. The molecule has 0 aliphatic rings. The standard InChI is InChI=1S/C11H13N3O2S/c1-2-10(9-6-4-3-5-7-9)17(15,16)11-12-8-13-14-11/h3-8,10H,2H2,1H3,(H,12,13,14)/t10-/m0/s1. The SMILES string of the molecule is CC[C@@H](c1ccccc1)S(=O)(=O)c1ncn[nH]1. The number of hydrogen-bond acceptors (Lipinski definition) is 4. The molecule has 0 saturated carbocycles. The highest BCUT2D eigenvalue weighted by atomic mass is 32.2. The Morgan fingerprint density at radius 2 is 2.00 bits per heavy atom. The molecule has 1 aromatic heterocycles. The number of nitrogens with zero attached hydrogens (tertiary/aromatic N) is 2. The maximum atomic E-state index is 12.3. The molecule has 0 aliphatic heterocycles. The molecule has 6 heteroatoms. The fraction of sp³-hybridized carbons (Fsp3) is 0.273. The molecule has 2 rings (SSSR count). The van der Waals surface area contributed by atoms with E-state index in [2.05, 4.69) is 15.2 Å². The Balaban J connectivity index is 2.44. The van der Waals surface area contributed by atoms with Crippen molar-refractivity contribution in [2.24, 2.45) is 0 Å². The van der Waals surface area contributed by atoms with E-state index in [-0.39, 0.29) is 5.16 Å². The molecule has 0 aliphatic carbocycles. The Morgan fingerprint density at radius 3 is 2.53 bits per heavy atom. The molecule has 0 amide bonds. The second-order valence-corrected chi connectivity index (χ2v) is 5.69. The zero-order chi connectivity index (χ0) is 12.3. The highest BCUT2D eigenvalue weighted by Crippen LogP contribution is 2.29. The monoisotopic (exact) mass is 251 g/mol. The summed E-state index contributed by atoms with van der Waals surface area (Å²) in [5.41, 5.74) is 0.770. The largest absolute Gasteiger partial charge is 0.250 e. The third-order valence-electron chi connectivity index (χ3n) is 2.58. The van der Waals surface area contributed by atoms with Crippen LogP contribution in [-0.2, 0) is 9.84 Å². The van der Waals surface area contributed by atoms with Crippen LogP contribution in [-0.4, -0.2) is 23.6 Å². The van der Waals surface area contributed by atoms with E-state index in [0.717, 1.165) is 5.56 Å². The van der Waals surface area contributed by atoms with Crippen LogP contribution in [0.1, 0.15) is 24.2 Å². The van der Waals surface area contributed by atoms with Crippen molar-refractivity contribution in [1.82, 2.24) is 15.2 Å². The lowest BCUT2D eigenvalue weighted by atomic mass is 10.1. The fourth-order valence-electron chi connectivity index (χ4n) is 1.77. The number of sulfone groups is 1. The topological polar surface area (TPSA) is 75.7 Å². The summed E-state index contributed by atoms with van der Waals surface area (Å²) < 4.78 is 24.6. The first kappa shape index (κ1) is 11.8. The first-order valence-electron chi connectivity index (χ1n) is 5.30. The van der Waals surface area contributed by atoms with Crippen LogP contribution in [0, 0.1) is 0 Å². The molecular formula is C11H13N3O2S. The molecule has 0 bridgehead atoms. The summed E-state index contributed by atoms with van der Waals surface area (Å²) >= 11 is 0. The Labute approximate surface area is 99.8 Å². The number of nitrogens with one attached hydrogen (secondary N) is 1. The number of aromatic amines is 1. The van der Waals surface area contributed by atoms with Crippen molar-refractivity contribution in [2.75, 3.05) is 0 Å². The second kappa shape index (κ2) is 4.67. The first-order valence-corrected chi connectivity index (χ1v) is 6.85. The average Bonchev–Trinajstić information content (AvgIpc) is 2.85. The predicted octanol–water partition coefficient (Wildman–Crippen LogP) is 1.73. The molecule has 0 unspecified atom stereocenters. The van der Waals surface area contributed by atoms with Crippen molar-refractivity contribution in [1.29, 1.82) is 0 Å². The van der Waals surface area contributed by atoms with E-state index in [0.29, 0.717) is 6.42 Å². The lowest BCUT2D eigenvalue weighted by Gasteiger charge is -2.13. The van der Waals surface area contributed by atoms with Crippen molar-refractivity contribution < 1.29 is 8.42 Å². The van der Waals surface area contributed by atoms with Crippen molar-refractivity contribution in [3.63, 3.8) is 0 Å². The smallest absolute Gasteiger partial charge is 0.243 e. The summed E-state index contributed by atoms with van der Waals surface area (Å²) in [6, 6.07) is 9.13. The Hall–Kier alpha value is -1.69. The number of rotatable bonds is 4. The van der Waals surface area contributed by atoms with Crippen LogP contribution in [0.5, 0.6) is 0 Å². The van der Waals surface area contributed by atoms with Gasteiger partial charge < -0.3 is 0 Å². The summed E-state index contributed by atoms with van der Waals surface area (Å²) in [6.45, 7) is 1.84. The quantitative estimate of drug-likeness (QED) is 0.897. The van der Waals surface area contributed by atoms with E-state index in [1.54, 1.807) is 0 Å². The van der Waals surface area contributed by atoms with Crippen molar-refractivity contribution in [2.45, 2.75) is 23.8 Å².